The molecule has 0 amide bonds. The van der Waals surface area contributed by atoms with E-state index in [2.05, 4.69) is 4.98 Å². The monoisotopic (exact) mass is 391 g/mol. The molecule has 0 spiro atoms. The highest BCUT2D eigenvalue weighted by Crippen LogP contribution is 2.29. The topological polar surface area (TPSA) is 77.5 Å². The Hall–Kier alpha value is -1.89. The van der Waals surface area contributed by atoms with E-state index >= 15 is 0 Å². The van der Waals surface area contributed by atoms with Gasteiger partial charge in [0, 0.05) is 24.6 Å². The molecule has 1 fully saturated rings. The maximum absolute atomic E-state index is 12.8. The van der Waals surface area contributed by atoms with Crippen LogP contribution < -0.4 is 5.73 Å². The zero-order chi connectivity index (χ0) is 17.4. The van der Waals surface area contributed by atoms with Gasteiger partial charge in [0.1, 0.15) is 5.65 Å². The van der Waals surface area contributed by atoms with Crippen molar-refractivity contribution in [3.8, 4) is 11.1 Å². The van der Waals surface area contributed by atoms with E-state index in [1.165, 1.54) is 0 Å². The average molecular weight is 392 g/mol. The summed E-state index contributed by atoms with van der Waals surface area (Å²) in [5, 5.41) is -0.305. The molecular weight excluding hydrogens is 370 g/mol. The first-order valence-corrected chi connectivity index (χ1v) is 10.1. The molecule has 3 aromatic rings. The fourth-order valence-electron chi connectivity index (χ4n) is 3.52. The van der Waals surface area contributed by atoms with Crippen LogP contribution in [0.15, 0.2) is 59.9 Å². The molecular formula is C19H22ClN3O2S. The number of halogens is 1. The molecule has 0 saturated heterocycles. The van der Waals surface area contributed by atoms with Gasteiger partial charge >= 0.3 is 0 Å². The molecule has 2 N–H and O–H groups in total. The lowest BCUT2D eigenvalue weighted by Gasteiger charge is -2.25. The Morgan fingerprint density at radius 2 is 1.62 bits per heavy atom. The minimum absolute atomic E-state index is 0. The van der Waals surface area contributed by atoms with E-state index in [9.17, 15) is 8.42 Å². The number of hydrogen-bond donors (Lipinski definition) is 1. The van der Waals surface area contributed by atoms with Crippen LogP contribution in [0.4, 0.5) is 0 Å². The molecule has 26 heavy (non-hydrogen) atoms. The molecule has 0 aliphatic heterocycles. The zero-order valence-electron chi connectivity index (χ0n) is 14.3. The van der Waals surface area contributed by atoms with Gasteiger partial charge < -0.3 is 10.1 Å². The third-order valence-electron chi connectivity index (χ3n) is 5.06. The number of fused-ring (bicyclic) bond motifs is 1. The van der Waals surface area contributed by atoms with E-state index in [1.807, 2.05) is 41.1 Å². The number of nitrogens with two attached hydrogens (primary N) is 1. The van der Waals surface area contributed by atoms with Crippen molar-refractivity contribution < 1.29 is 8.42 Å². The summed E-state index contributed by atoms with van der Waals surface area (Å²) in [6, 6.07) is 11.3. The normalized spacial score (nSPS) is 20.7. The highest BCUT2D eigenvalue weighted by atomic mass is 35.5. The smallest absolute Gasteiger partial charge is 0.181 e. The Kier molecular flexibility index (Phi) is 5.37. The number of nitrogens with zero attached hydrogens (tertiary/aromatic N) is 2. The zero-order valence-corrected chi connectivity index (χ0v) is 15.9. The van der Waals surface area contributed by atoms with Gasteiger partial charge in [0.2, 0.25) is 0 Å². The molecule has 2 aromatic heterocycles. The van der Waals surface area contributed by atoms with Gasteiger partial charge in [-0.15, -0.1) is 12.4 Å². The third-order valence-corrected chi connectivity index (χ3v) is 7.34. The fraction of sp³-hybridized carbons (Fsp3) is 0.316. The number of imidazole rings is 1. The maximum atomic E-state index is 12.8. The summed E-state index contributed by atoms with van der Waals surface area (Å²) >= 11 is 0. The first-order chi connectivity index (χ1) is 12.0. The van der Waals surface area contributed by atoms with Gasteiger partial charge in [-0.05, 0) is 61.1 Å². The molecule has 138 valence electrons. The summed E-state index contributed by atoms with van der Waals surface area (Å²) in [4.78, 5) is 4.63. The summed E-state index contributed by atoms with van der Waals surface area (Å²) in [5.74, 6) is 0. The molecule has 1 aliphatic carbocycles. The number of rotatable bonds is 3. The van der Waals surface area contributed by atoms with E-state index in [4.69, 9.17) is 5.73 Å². The molecule has 0 atom stereocenters. The van der Waals surface area contributed by atoms with Gasteiger partial charge in [0.05, 0.1) is 10.1 Å². The van der Waals surface area contributed by atoms with Crippen LogP contribution in [0.1, 0.15) is 25.7 Å². The Labute approximate surface area is 159 Å². The van der Waals surface area contributed by atoms with Crippen molar-refractivity contribution in [1.29, 1.82) is 0 Å². The lowest BCUT2D eigenvalue weighted by molar-refractivity contribution is 0.434. The van der Waals surface area contributed by atoms with Crippen molar-refractivity contribution in [1.82, 2.24) is 9.38 Å². The van der Waals surface area contributed by atoms with Crippen LogP contribution >= 0.6 is 12.4 Å². The van der Waals surface area contributed by atoms with E-state index in [-0.39, 0.29) is 23.7 Å². The lowest BCUT2D eigenvalue weighted by Crippen LogP contribution is -2.33. The molecule has 1 aromatic carbocycles. The van der Waals surface area contributed by atoms with E-state index < -0.39 is 9.84 Å². The Bertz CT molecular complexity index is 991. The van der Waals surface area contributed by atoms with E-state index in [0.717, 1.165) is 29.6 Å². The first-order valence-electron chi connectivity index (χ1n) is 8.57. The van der Waals surface area contributed by atoms with Crippen molar-refractivity contribution in [2.24, 2.45) is 5.73 Å². The van der Waals surface area contributed by atoms with Gasteiger partial charge in [-0.25, -0.2) is 13.4 Å². The van der Waals surface area contributed by atoms with E-state index in [0.29, 0.717) is 17.7 Å². The summed E-state index contributed by atoms with van der Waals surface area (Å²) < 4.78 is 27.6. The minimum atomic E-state index is -3.28. The lowest BCUT2D eigenvalue weighted by atomic mass is 9.96. The summed E-state index contributed by atoms with van der Waals surface area (Å²) in [6.07, 6.45) is 8.52. The molecule has 0 unspecified atom stereocenters. The van der Waals surface area contributed by atoms with Gasteiger partial charge in [0.25, 0.3) is 0 Å². The molecule has 0 radical (unpaired) electrons. The van der Waals surface area contributed by atoms with Gasteiger partial charge in [-0.2, -0.15) is 0 Å². The molecule has 5 nitrogen and oxygen atoms in total. The number of hydrogen-bond acceptors (Lipinski definition) is 4. The number of aromatic nitrogens is 2. The average Bonchev–Trinajstić information content (AvgIpc) is 3.10. The van der Waals surface area contributed by atoms with Crippen molar-refractivity contribution in [3.63, 3.8) is 0 Å². The fourth-order valence-corrected chi connectivity index (χ4v) is 5.31. The van der Waals surface area contributed by atoms with Crippen LogP contribution in [-0.4, -0.2) is 29.1 Å². The maximum Gasteiger partial charge on any atom is 0.181 e. The quantitative estimate of drug-likeness (QED) is 0.741. The molecule has 1 aliphatic rings. The SMILES string of the molecule is Cl.NC1CCC(S(=O)(=O)c2ccc(-c3ccc4nccn4c3)cc2)CC1. The van der Waals surface area contributed by atoms with Gasteiger partial charge in [-0.1, -0.05) is 12.1 Å². The van der Waals surface area contributed by atoms with Crippen LogP contribution in [0.5, 0.6) is 0 Å². The van der Waals surface area contributed by atoms with Crippen molar-refractivity contribution >= 4 is 27.9 Å². The van der Waals surface area contributed by atoms with E-state index in [1.54, 1.807) is 18.3 Å². The molecule has 7 heteroatoms. The van der Waals surface area contributed by atoms with Crippen LogP contribution in [0.3, 0.4) is 0 Å². The number of sulfone groups is 1. The van der Waals surface area contributed by atoms with Crippen LogP contribution in [0, 0.1) is 0 Å². The predicted molar refractivity (Wildman–Crippen MR) is 105 cm³/mol. The number of benzene rings is 1. The van der Waals surface area contributed by atoms with Crippen LogP contribution in [-0.2, 0) is 9.84 Å². The largest absolute Gasteiger partial charge is 0.328 e. The molecule has 2 heterocycles. The second kappa shape index (κ2) is 7.39. The Morgan fingerprint density at radius 1 is 0.962 bits per heavy atom. The minimum Gasteiger partial charge on any atom is -0.328 e. The summed E-state index contributed by atoms with van der Waals surface area (Å²) in [7, 11) is -3.28. The Balaban J connectivity index is 0.00000196. The second-order valence-corrected chi connectivity index (χ2v) is 8.94. The molecule has 0 bridgehead atoms. The number of pyridine rings is 1. The summed E-state index contributed by atoms with van der Waals surface area (Å²) in [5.41, 5.74) is 8.79. The van der Waals surface area contributed by atoms with Crippen molar-refractivity contribution in [2.75, 3.05) is 0 Å². The molecule has 1 saturated carbocycles. The van der Waals surface area contributed by atoms with Crippen molar-refractivity contribution in [3.05, 3.63) is 55.0 Å². The van der Waals surface area contributed by atoms with Gasteiger partial charge in [-0.3, -0.25) is 0 Å². The molecule has 4 rings (SSSR count). The third kappa shape index (κ3) is 3.49. The second-order valence-electron chi connectivity index (χ2n) is 6.72. The van der Waals surface area contributed by atoms with Crippen LogP contribution in [0.25, 0.3) is 16.8 Å². The summed E-state index contributed by atoms with van der Waals surface area (Å²) in [6.45, 7) is 0. The highest BCUT2D eigenvalue weighted by molar-refractivity contribution is 7.92. The highest BCUT2D eigenvalue weighted by Gasteiger charge is 2.30. The standard InChI is InChI=1S/C19H21N3O2S.ClH/c20-16-4-8-18(9-5-16)25(23,24)17-6-1-14(2-7-17)15-3-10-19-21-11-12-22(19)13-15;/h1-3,6-7,10-13,16,18H,4-5,8-9,20H2;1H. The van der Waals surface area contributed by atoms with Gasteiger partial charge in [0.15, 0.2) is 9.84 Å². The van der Waals surface area contributed by atoms with Crippen LogP contribution in [0.2, 0.25) is 0 Å². The first kappa shape index (κ1) is 18.9. The predicted octanol–water partition coefficient (Wildman–Crippen LogP) is 3.47. The van der Waals surface area contributed by atoms with Crippen molar-refractivity contribution in [2.45, 2.75) is 41.9 Å². The Morgan fingerprint density at radius 3 is 2.31 bits per heavy atom.